The van der Waals surface area contributed by atoms with Gasteiger partial charge in [0.2, 0.25) is 11.7 Å². The van der Waals surface area contributed by atoms with Crippen LogP contribution in [-0.2, 0) is 16.0 Å². The van der Waals surface area contributed by atoms with Gasteiger partial charge in [-0.2, -0.15) is 4.98 Å². The molecule has 5 heteroatoms. The number of ketones is 1. The topological polar surface area (TPSA) is 65.2 Å². The van der Waals surface area contributed by atoms with E-state index < -0.39 is 0 Å². The van der Waals surface area contributed by atoms with E-state index in [2.05, 4.69) is 17.1 Å². The van der Waals surface area contributed by atoms with Crippen LogP contribution < -0.4 is 0 Å². The van der Waals surface area contributed by atoms with E-state index >= 15 is 0 Å². The molecule has 0 amide bonds. The van der Waals surface area contributed by atoms with E-state index in [1.165, 1.54) is 0 Å². The standard InChI is InChI=1S/C12H20N2O3/c1-4-6-10(16-5-2)12-13-11(17-14-12)8-7-9(3)15/h10H,4-8H2,1-3H3. The fourth-order valence-corrected chi connectivity index (χ4v) is 1.53. The van der Waals surface area contributed by atoms with Gasteiger partial charge in [0.1, 0.15) is 11.9 Å². The molecule has 0 aliphatic carbocycles. The van der Waals surface area contributed by atoms with Crippen molar-refractivity contribution in [3.05, 3.63) is 11.7 Å². The van der Waals surface area contributed by atoms with Crippen LogP contribution in [0.15, 0.2) is 4.52 Å². The number of aromatic nitrogens is 2. The molecular weight excluding hydrogens is 220 g/mol. The predicted octanol–water partition coefficient (Wildman–Crippen LogP) is 2.47. The molecule has 1 unspecified atom stereocenters. The number of carbonyl (C=O) groups excluding carboxylic acids is 1. The highest BCUT2D eigenvalue weighted by Crippen LogP contribution is 2.20. The number of aryl methyl sites for hydroxylation is 1. The molecule has 0 radical (unpaired) electrons. The van der Waals surface area contributed by atoms with Crippen molar-refractivity contribution in [1.82, 2.24) is 10.1 Å². The molecular formula is C12H20N2O3. The average Bonchev–Trinajstić information content (AvgIpc) is 2.74. The zero-order valence-electron chi connectivity index (χ0n) is 10.7. The summed E-state index contributed by atoms with van der Waals surface area (Å²) < 4.78 is 10.7. The van der Waals surface area contributed by atoms with Gasteiger partial charge in [0.05, 0.1) is 0 Å². The third-order valence-electron chi connectivity index (χ3n) is 2.38. The highest BCUT2D eigenvalue weighted by atomic mass is 16.5. The molecule has 0 aliphatic heterocycles. The Kier molecular flexibility index (Phi) is 5.83. The lowest BCUT2D eigenvalue weighted by molar-refractivity contribution is -0.117. The minimum atomic E-state index is -0.0974. The lowest BCUT2D eigenvalue weighted by Crippen LogP contribution is -2.06. The summed E-state index contributed by atoms with van der Waals surface area (Å²) in [5.41, 5.74) is 0. The second-order valence-corrected chi connectivity index (χ2v) is 3.98. The van der Waals surface area contributed by atoms with Gasteiger partial charge in [-0.05, 0) is 20.3 Å². The van der Waals surface area contributed by atoms with Gasteiger partial charge in [-0.1, -0.05) is 18.5 Å². The average molecular weight is 240 g/mol. The summed E-state index contributed by atoms with van der Waals surface area (Å²) in [4.78, 5) is 15.1. The van der Waals surface area contributed by atoms with Crippen molar-refractivity contribution >= 4 is 5.78 Å². The number of ether oxygens (including phenoxy) is 1. The summed E-state index contributed by atoms with van der Waals surface area (Å²) in [7, 11) is 0. The SMILES string of the molecule is CCCC(OCC)c1noc(CCC(C)=O)n1. The van der Waals surface area contributed by atoms with Crippen molar-refractivity contribution in [2.45, 2.75) is 52.6 Å². The lowest BCUT2D eigenvalue weighted by atomic mass is 10.2. The largest absolute Gasteiger partial charge is 0.370 e. The second-order valence-electron chi connectivity index (χ2n) is 3.98. The molecule has 17 heavy (non-hydrogen) atoms. The number of rotatable bonds is 8. The maximum atomic E-state index is 10.8. The first-order valence-electron chi connectivity index (χ1n) is 6.10. The van der Waals surface area contributed by atoms with E-state index in [1.807, 2.05) is 6.92 Å². The monoisotopic (exact) mass is 240 g/mol. The predicted molar refractivity (Wildman–Crippen MR) is 62.6 cm³/mol. The van der Waals surface area contributed by atoms with E-state index in [-0.39, 0.29) is 11.9 Å². The number of carbonyl (C=O) groups is 1. The summed E-state index contributed by atoms with van der Waals surface area (Å²) >= 11 is 0. The van der Waals surface area contributed by atoms with Crippen LogP contribution in [0.3, 0.4) is 0 Å². The molecule has 1 aromatic heterocycles. The molecule has 0 aliphatic rings. The zero-order chi connectivity index (χ0) is 12.7. The number of hydrogen-bond acceptors (Lipinski definition) is 5. The van der Waals surface area contributed by atoms with Gasteiger partial charge in [-0.25, -0.2) is 0 Å². The van der Waals surface area contributed by atoms with Crippen molar-refractivity contribution in [2.24, 2.45) is 0 Å². The van der Waals surface area contributed by atoms with Crippen LogP contribution in [0.5, 0.6) is 0 Å². The van der Waals surface area contributed by atoms with Gasteiger partial charge in [0.15, 0.2) is 0 Å². The van der Waals surface area contributed by atoms with Crippen LogP contribution in [-0.4, -0.2) is 22.5 Å². The third kappa shape index (κ3) is 4.65. The summed E-state index contributed by atoms with van der Waals surface area (Å²) in [6, 6.07) is 0. The summed E-state index contributed by atoms with van der Waals surface area (Å²) in [6.45, 7) is 6.21. The fraction of sp³-hybridized carbons (Fsp3) is 0.750. The van der Waals surface area contributed by atoms with Crippen molar-refractivity contribution in [3.8, 4) is 0 Å². The number of Topliss-reactive ketones (excluding diaryl/α,β-unsaturated/α-hetero) is 1. The number of nitrogens with zero attached hydrogens (tertiary/aromatic N) is 2. The van der Waals surface area contributed by atoms with E-state index in [0.29, 0.717) is 31.2 Å². The zero-order valence-corrected chi connectivity index (χ0v) is 10.7. The van der Waals surface area contributed by atoms with Gasteiger partial charge >= 0.3 is 0 Å². The Morgan fingerprint density at radius 3 is 2.82 bits per heavy atom. The molecule has 1 rings (SSSR count). The molecule has 0 saturated carbocycles. The minimum Gasteiger partial charge on any atom is -0.370 e. The first kappa shape index (κ1) is 13.8. The van der Waals surface area contributed by atoms with E-state index in [4.69, 9.17) is 9.26 Å². The molecule has 0 N–H and O–H groups in total. The van der Waals surface area contributed by atoms with Crippen molar-refractivity contribution in [3.63, 3.8) is 0 Å². The minimum absolute atomic E-state index is 0.0974. The molecule has 0 fully saturated rings. The van der Waals surface area contributed by atoms with Crippen LogP contribution >= 0.6 is 0 Å². The summed E-state index contributed by atoms with van der Waals surface area (Å²) in [5.74, 6) is 1.22. The van der Waals surface area contributed by atoms with Gasteiger partial charge in [-0.15, -0.1) is 0 Å². The molecule has 5 nitrogen and oxygen atoms in total. The Hall–Kier alpha value is -1.23. The second kappa shape index (κ2) is 7.17. The van der Waals surface area contributed by atoms with Gasteiger partial charge in [-0.3, -0.25) is 0 Å². The summed E-state index contributed by atoms with van der Waals surface area (Å²) in [5, 5.41) is 3.91. The van der Waals surface area contributed by atoms with Crippen LogP contribution in [0.25, 0.3) is 0 Å². The Bertz CT molecular complexity index is 343. The Morgan fingerprint density at radius 2 is 2.24 bits per heavy atom. The quantitative estimate of drug-likeness (QED) is 0.698. The van der Waals surface area contributed by atoms with Crippen LogP contribution in [0, 0.1) is 0 Å². The molecule has 1 heterocycles. The van der Waals surface area contributed by atoms with Gasteiger partial charge in [0, 0.05) is 19.4 Å². The summed E-state index contributed by atoms with van der Waals surface area (Å²) in [6.07, 6.45) is 2.73. The normalized spacial score (nSPS) is 12.6. The fourth-order valence-electron chi connectivity index (χ4n) is 1.53. The van der Waals surface area contributed by atoms with Gasteiger partial charge < -0.3 is 14.1 Å². The maximum Gasteiger partial charge on any atom is 0.227 e. The van der Waals surface area contributed by atoms with Crippen molar-refractivity contribution < 1.29 is 14.1 Å². The smallest absolute Gasteiger partial charge is 0.227 e. The Labute approximate surface area is 102 Å². The molecule has 0 saturated heterocycles. The highest BCUT2D eigenvalue weighted by molar-refractivity contribution is 5.75. The molecule has 0 aromatic carbocycles. The molecule has 1 atom stereocenters. The molecule has 96 valence electrons. The third-order valence-corrected chi connectivity index (χ3v) is 2.38. The van der Waals surface area contributed by atoms with Gasteiger partial charge in [0.25, 0.3) is 0 Å². The molecule has 0 bridgehead atoms. The molecule has 1 aromatic rings. The number of hydrogen-bond donors (Lipinski definition) is 0. The van der Waals surface area contributed by atoms with E-state index in [0.717, 1.165) is 12.8 Å². The van der Waals surface area contributed by atoms with E-state index in [9.17, 15) is 4.79 Å². The van der Waals surface area contributed by atoms with E-state index in [1.54, 1.807) is 6.92 Å². The lowest BCUT2D eigenvalue weighted by Gasteiger charge is -2.11. The Balaban J connectivity index is 2.60. The van der Waals surface area contributed by atoms with Crippen LogP contribution in [0.2, 0.25) is 0 Å². The first-order valence-corrected chi connectivity index (χ1v) is 6.10. The maximum absolute atomic E-state index is 10.8. The van der Waals surface area contributed by atoms with Crippen molar-refractivity contribution in [1.29, 1.82) is 0 Å². The first-order chi connectivity index (χ1) is 8.17. The van der Waals surface area contributed by atoms with Crippen molar-refractivity contribution in [2.75, 3.05) is 6.61 Å². The molecule has 0 spiro atoms. The van der Waals surface area contributed by atoms with Crippen LogP contribution in [0.4, 0.5) is 0 Å². The highest BCUT2D eigenvalue weighted by Gasteiger charge is 2.17. The van der Waals surface area contributed by atoms with Crippen LogP contribution in [0.1, 0.15) is 57.9 Å². The Morgan fingerprint density at radius 1 is 1.47 bits per heavy atom.